The van der Waals surface area contributed by atoms with Crippen LogP contribution in [-0.4, -0.2) is 59.8 Å². The molecule has 0 saturated carbocycles. The quantitative estimate of drug-likeness (QED) is 0.514. The van der Waals surface area contributed by atoms with Crippen molar-refractivity contribution >= 4 is 17.0 Å². The third-order valence-corrected chi connectivity index (χ3v) is 4.80. The number of anilines is 1. The first kappa shape index (κ1) is 17.8. The molecule has 1 saturated heterocycles. The molecule has 1 aromatic carbocycles. The highest BCUT2D eigenvalue weighted by Gasteiger charge is 2.44. The molecule has 1 fully saturated rings. The van der Waals surface area contributed by atoms with Crippen LogP contribution in [0.15, 0.2) is 43.0 Å². The van der Waals surface area contributed by atoms with E-state index in [9.17, 15) is 15.3 Å². The van der Waals surface area contributed by atoms with Gasteiger partial charge in [0.05, 0.1) is 19.0 Å². The van der Waals surface area contributed by atoms with Gasteiger partial charge in [0, 0.05) is 0 Å². The van der Waals surface area contributed by atoms with Gasteiger partial charge in [-0.15, -0.1) is 0 Å². The second-order valence-corrected chi connectivity index (χ2v) is 6.55. The zero-order valence-corrected chi connectivity index (χ0v) is 14.7. The van der Waals surface area contributed by atoms with E-state index in [1.165, 1.54) is 12.7 Å². The van der Waals surface area contributed by atoms with Crippen LogP contribution in [0, 0.1) is 0 Å². The lowest BCUT2D eigenvalue weighted by atomic mass is 10.1. The number of aromatic nitrogens is 4. The molecule has 9 nitrogen and oxygen atoms in total. The molecule has 0 bridgehead atoms. The predicted octanol–water partition coefficient (Wildman–Crippen LogP) is 0.611. The molecule has 5 unspecified atom stereocenters. The average molecular weight is 371 g/mol. The van der Waals surface area contributed by atoms with Crippen LogP contribution < -0.4 is 5.32 Å². The monoisotopic (exact) mass is 371 g/mol. The fourth-order valence-corrected chi connectivity index (χ4v) is 3.28. The van der Waals surface area contributed by atoms with Crippen LogP contribution in [0.4, 0.5) is 5.82 Å². The first-order chi connectivity index (χ1) is 13.1. The third-order valence-electron chi connectivity index (χ3n) is 4.80. The molecule has 0 spiro atoms. The predicted molar refractivity (Wildman–Crippen MR) is 96.8 cm³/mol. The van der Waals surface area contributed by atoms with Crippen molar-refractivity contribution < 1.29 is 20.1 Å². The van der Waals surface area contributed by atoms with E-state index < -0.39 is 31.1 Å². The lowest BCUT2D eigenvalue weighted by molar-refractivity contribution is -0.0511. The van der Waals surface area contributed by atoms with Gasteiger partial charge >= 0.3 is 0 Å². The largest absolute Gasteiger partial charge is 0.394 e. The molecule has 1 aliphatic rings. The van der Waals surface area contributed by atoms with Gasteiger partial charge in [-0.05, 0) is 12.5 Å². The summed E-state index contributed by atoms with van der Waals surface area (Å²) in [6, 6.07) is 9.95. The Morgan fingerprint density at radius 2 is 1.93 bits per heavy atom. The van der Waals surface area contributed by atoms with Crippen LogP contribution >= 0.6 is 0 Å². The third kappa shape index (κ3) is 3.15. The van der Waals surface area contributed by atoms with Crippen LogP contribution in [0.2, 0.25) is 0 Å². The topological polar surface area (TPSA) is 126 Å². The molecule has 142 valence electrons. The van der Waals surface area contributed by atoms with Crippen LogP contribution in [0.3, 0.4) is 0 Å². The van der Waals surface area contributed by atoms with E-state index >= 15 is 0 Å². The molecule has 9 heteroatoms. The van der Waals surface area contributed by atoms with Gasteiger partial charge in [0.1, 0.15) is 24.6 Å². The maximum atomic E-state index is 10.3. The molecule has 0 amide bonds. The van der Waals surface area contributed by atoms with E-state index in [4.69, 9.17) is 4.74 Å². The lowest BCUT2D eigenvalue weighted by Crippen LogP contribution is -2.33. The van der Waals surface area contributed by atoms with E-state index in [0.29, 0.717) is 17.0 Å². The zero-order valence-electron chi connectivity index (χ0n) is 14.7. The molecular weight excluding hydrogens is 350 g/mol. The van der Waals surface area contributed by atoms with E-state index in [1.54, 1.807) is 4.57 Å². The van der Waals surface area contributed by atoms with Gasteiger partial charge in [-0.1, -0.05) is 30.3 Å². The number of rotatable bonds is 5. The summed E-state index contributed by atoms with van der Waals surface area (Å²) in [7, 11) is 0. The Morgan fingerprint density at radius 3 is 2.63 bits per heavy atom. The van der Waals surface area contributed by atoms with Gasteiger partial charge in [-0.3, -0.25) is 4.57 Å². The van der Waals surface area contributed by atoms with Crippen molar-refractivity contribution in [2.75, 3.05) is 11.9 Å². The first-order valence-corrected chi connectivity index (χ1v) is 8.71. The normalized spacial score (nSPS) is 26.4. The minimum atomic E-state index is -1.20. The molecule has 3 aromatic rings. The van der Waals surface area contributed by atoms with Gasteiger partial charge in [-0.2, -0.15) is 0 Å². The summed E-state index contributed by atoms with van der Waals surface area (Å²) >= 11 is 0. The maximum Gasteiger partial charge on any atom is 0.167 e. The summed E-state index contributed by atoms with van der Waals surface area (Å²) < 4.78 is 7.11. The van der Waals surface area contributed by atoms with E-state index in [2.05, 4.69) is 20.3 Å². The van der Waals surface area contributed by atoms with Crippen LogP contribution in [-0.2, 0) is 4.74 Å². The van der Waals surface area contributed by atoms with Crippen LogP contribution in [0.5, 0.6) is 0 Å². The maximum absolute atomic E-state index is 10.3. The summed E-state index contributed by atoms with van der Waals surface area (Å²) in [5.74, 6) is 0.557. The van der Waals surface area contributed by atoms with Crippen molar-refractivity contribution in [2.45, 2.75) is 37.5 Å². The molecule has 4 rings (SSSR count). The average Bonchev–Trinajstić information content (AvgIpc) is 3.25. The molecule has 27 heavy (non-hydrogen) atoms. The van der Waals surface area contributed by atoms with E-state index in [-0.39, 0.29) is 6.04 Å². The fraction of sp³-hybridized carbons (Fsp3) is 0.389. The number of fused-ring (bicyclic) bond motifs is 1. The Balaban J connectivity index is 1.64. The summed E-state index contributed by atoms with van der Waals surface area (Å²) in [6.45, 7) is 1.63. The Kier molecular flexibility index (Phi) is 4.75. The standard InChI is InChI=1S/C18H21N5O4/c1-10(11-5-3-2-4-6-11)22-16-13-17(20-8-19-16)23(9-21-13)18-15(26)14(25)12(7-24)27-18/h2-6,8-10,12,14-15,18,24-26H,7H2,1H3,(H,19,20,22). The zero-order chi connectivity index (χ0) is 19.0. The number of hydrogen-bond donors (Lipinski definition) is 4. The van der Waals surface area contributed by atoms with Crippen molar-refractivity contribution in [3.63, 3.8) is 0 Å². The van der Waals surface area contributed by atoms with Gasteiger partial charge in [-0.25, -0.2) is 15.0 Å². The number of aliphatic hydroxyl groups excluding tert-OH is 3. The minimum Gasteiger partial charge on any atom is -0.394 e. The Hall–Kier alpha value is -2.59. The van der Waals surface area contributed by atoms with Gasteiger partial charge in [0.25, 0.3) is 0 Å². The summed E-state index contributed by atoms with van der Waals surface area (Å²) in [6.07, 6.45) is -1.25. The number of nitrogens with zero attached hydrogens (tertiary/aromatic N) is 4. The molecule has 0 radical (unpaired) electrons. The highest BCUT2D eigenvalue weighted by atomic mass is 16.6. The van der Waals surface area contributed by atoms with E-state index in [0.717, 1.165) is 5.56 Å². The van der Waals surface area contributed by atoms with Crippen molar-refractivity contribution in [1.29, 1.82) is 0 Å². The van der Waals surface area contributed by atoms with Gasteiger partial charge in [0.2, 0.25) is 0 Å². The second kappa shape index (κ2) is 7.20. The molecule has 4 N–H and O–H groups in total. The Morgan fingerprint density at radius 1 is 1.15 bits per heavy atom. The molecule has 3 heterocycles. The van der Waals surface area contributed by atoms with Crippen LogP contribution in [0.25, 0.3) is 11.2 Å². The van der Waals surface area contributed by atoms with Crippen LogP contribution in [0.1, 0.15) is 24.8 Å². The minimum absolute atomic E-state index is 0.00311. The number of aliphatic hydroxyl groups is 3. The number of imidazole rings is 1. The van der Waals surface area contributed by atoms with Gasteiger partial charge in [0.15, 0.2) is 23.2 Å². The van der Waals surface area contributed by atoms with Gasteiger partial charge < -0.3 is 25.4 Å². The molecule has 2 aromatic heterocycles. The Labute approximate surface area is 155 Å². The first-order valence-electron chi connectivity index (χ1n) is 8.71. The molecule has 1 aliphatic heterocycles. The number of hydrogen-bond acceptors (Lipinski definition) is 8. The number of benzene rings is 1. The lowest BCUT2D eigenvalue weighted by Gasteiger charge is -2.17. The van der Waals surface area contributed by atoms with Crippen molar-refractivity contribution in [3.8, 4) is 0 Å². The van der Waals surface area contributed by atoms with E-state index in [1.807, 2.05) is 37.3 Å². The molecule has 0 aliphatic carbocycles. The highest BCUT2D eigenvalue weighted by Crippen LogP contribution is 2.32. The van der Waals surface area contributed by atoms with Crippen molar-refractivity contribution in [3.05, 3.63) is 48.5 Å². The molecular formula is C18H21N5O4. The summed E-state index contributed by atoms with van der Waals surface area (Å²) in [5.41, 5.74) is 2.09. The number of ether oxygens (including phenoxy) is 1. The molecule has 5 atom stereocenters. The Bertz CT molecular complexity index is 919. The smallest absolute Gasteiger partial charge is 0.167 e. The van der Waals surface area contributed by atoms with Crippen molar-refractivity contribution in [1.82, 2.24) is 19.5 Å². The fourth-order valence-electron chi connectivity index (χ4n) is 3.28. The summed E-state index contributed by atoms with van der Waals surface area (Å²) in [5, 5.41) is 32.8. The highest BCUT2D eigenvalue weighted by molar-refractivity contribution is 5.82. The van der Waals surface area contributed by atoms with Crippen molar-refractivity contribution in [2.24, 2.45) is 0 Å². The number of nitrogens with one attached hydrogen (secondary N) is 1. The SMILES string of the molecule is CC(Nc1ncnc2c1ncn2C1OC(CO)C(O)C1O)c1ccccc1. The second-order valence-electron chi connectivity index (χ2n) is 6.55. The summed E-state index contributed by atoms with van der Waals surface area (Å²) in [4.78, 5) is 12.9.